The molecule has 32 heavy (non-hydrogen) atoms. The molecule has 0 aliphatic carbocycles. The zero-order valence-corrected chi connectivity index (χ0v) is 18.8. The van der Waals surface area contributed by atoms with Crippen LogP contribution in [0.2, 0.25) is 0 Å². The second-order valence-corrected chi connectivity index (χ2v) is 8.63. The Bertz CT molecular complexity index is 904. The fraction of sp³-hybridized carbons (Fsp3) is 0.440. The topological polar surface area (TPSA) is 116 Å². The van der Waals surface area contributed by atoms with E-state index in [1.165, 1.54) is 0 Å². The Kier molecular flexibility index (Phi) is 9.68. The van der Waals surface area contributed by atoms with Gasteiger partial charge in [-0.1, -0.05) is 30.3 Å². The van der Waals surface area contributed by atoms with Crippen molar-refractivity contribution in [2.75, 3.05) is 6.54 Å². The molecule has 0 heterocycles. The number of aliphatic hydroxyl groups is 1. The van der Waals surface area contributed by atoms with Crippen molar-refractivity contribution in [3.63, 3.8) is 0 Å². The van der Waals surface area contributed by atoms with Gasteiger partial charge >= 0.3 is 11.9 Å². The van der Waals surface area contributed by atoms with E-state index in [1.807, 2.05) is 38.1 Å². The lowest BCUT2D eigenvalue weighted by Gasteiger charge is -2.16. The summed E-state index contributed by atoms with van der Waals surface area (Å²) in [6.45, 7) is 5.49. The number of carbonyl (C=O) groups is 2. The summed E-state index contributed by atoms with van der Waals surface area (Å²) in [6, 6.07) is 12.9. The molecule has 2 rings (SSSR count). The van der Waals surface area contributed by atoms with E-state index in [4.69, 9.17) is 14.9 Å². The molecule has 0 aliphatic heterocycles. The van der Waals surface area contributed by atoms with Gasteiger partial charge in [-0.15, -0.1) is 0 Å². The molecule has 7 nitrogen and oxygen atoms in total. The lowest BCUT2D eigenvalue weighted by Crippen LogP contribution is -2.19. The fourth-order valence-electron chi connectivity index (χ4n) is 3.38. The summed E-state index contributed by atoms with van der Waals surface area (Å²) in [5.74, 6) is -1.29. The van der Waals surface area contributed by atoms with Crippen LogP contribution in [0.5, 0.6) is 5.75 Å². The van der Waals surface area contributed by atoms with Crippen LogP contribution < -0.4 is 10.1 Å². The third-order valence-electron chi connectivity index (χ3n) is 4.98. The van der Waals surface area contributed by atoms with Crippen molar-refractivity contribution in [2.45, 2.75) is 64.7 Å². The maximum atomic E-state index is 11.1. The number of carboxylic acids is 2. The van der Waals surface area contributed by atoms with Crippen molar-refractivity contribution in [1.82, 2.24) is 5.32 Å². The van der Waals surface area contributed by atoms with Crippen LogP contribution in [-0.4, -0.2) is 39.4 Å². The first-order valence-electron chi connectivity index (χ1n) is 10.8. The number of ether oxygens (including phenoxy) is 1. The normalized spacial score (nSPS) is 11.3. The van der Waals surface area contributed by atoms with Crippen LogP contribution in [0.25, 0.3) is 0 Å². The molecule has 0 saturated heterocycles. The van der Waals surface area contributed by atoms with Gasteiger partial charge in [0.2, 0.25) is 0 Å². The molecule has 2 aromatic rings. The second-order valence-electron chi connectivity index (χ2n) is 8.63. The number of rotatable bonds is 14. The van der Waals surface area contributed by atoms with Gasteiger partial charge in [-0.25, -0.2) is 0 Å². The SMILES string of the molecule is CC(C)(O)CCCCNCc1cccc(OCc2ccc(CC(=O)O)c(CC(=O)O)c2)c1. The number of hydrogen-bond acceptors (Lipinski definition) is 5. The van der Waals surface area contributed by atoms with Crippen molar-refractivity contribution in [3.8, 4) is 5.75 Å². The largest absolute Gasteiger partial charge is 0.489 e. The van der Waals surface area contributed by atoms with E-state index >= 15 is 0 Å². The number of hydrogen-bond donors (Lipinski definition) is 4. The van der Waals surface area contributed by atoms with Crippen LogP contribution in [0.1, 0.15) is 55.4 Å². The van der Waals surface area contributed by atoms with Gasteiger partial charge in [0, 0.05) is 6.54 Å². The predicted molar refractivity (Wildman–Crippen MR) is 122 cm³/mol. The van der Waals surface area contributed by atoms with Gasteiger partial charge < -0.3 is 25.4 Å². The average molecular weight is 444 g/mol. The first-order chi connectivity index (χ1) is 15.1. The zero-order chi connectivity index (χ0) is 23.6. The molecule has 0 amide bonds. The molecule has 4 N–H and O–H groups in total. The van der Waals surface area contributed by atoms with E-state index < -0.39 is 17.5 Å². The van der Waals surface area contributed by atoms with Crippen molar-refractivity contribution in [1.29, 1.82) is 0 Å². The van der Waals surface area contributed by atoms with E-state index in [9.17, 15) is 14.7 Å². The van der Waals surface area contributed by atoms with Crippen LogP contribution in [0.3, 0.4) is 0 Å². The van der Waals surface area contributed by atoms with Gasteiger partial charge in [0.25, 0.3) is 0 Å². The highest BCUT2D eigenvalue weighted by Crippen LogP contribution is 2.19. The summed E-state index contributed by atoms with van der Waals surface area (Å²) in [5, 5.41) is 31.3. The van der Waals surface area contributed by atoms with E-state index in [-0.39, 0.29) is 19.4 Å². The van der Waals surface area contributed by atoms with Crippen LogP contribution in [0.4, 0.5) is 0 Å². The number of nitrogens with one attached hydrogen (secondary N) is 1. The number of aliphatic carboxylic acids is 2. The summed E-state index contributed by atoms with van der Waals surface area (Å²) >= 11 is 0. The molecule has 0 spiro atoms. The maximum Gasteiger partial charge on any atom is 0.307 e. The van der Waals surface area contributed by atoms with Crippen LogP contribution in [0, 0.1) is 0 Å². The average Bonchev–Trinajstić information content (AvgIpc) is 2.69. The predicted octanol–water partition coefficient (Wildman–Crippen LogP) is 3.55. The molecule has 7 heteroatoms. The summed E-state index contributed by atoms with van der Waals surface area (Å²) in [4.78, 5) is 22.1. The molecule has 0 saturated carbocycles. The Morgan fingerprint density at radius 1 is 0.938 bits per heavy atom. The Labute approximate surface area is 189 Å². The number of benzene rings is 2. The molecule has 0 fully saturated rings. The molecule has 0 bridgehead atoms. The number of unbranched alkanes of at least 4 members (excludes halogenated alkanes) is 1. The summed E-state index contributed by atoms with van der Waals surface area (Å²) < 4.78 is 5.88. The minimum absolute atomic E-state index is 0.212. The third kappa shape index (κ3) is 9.94. The molecule has 2 aromatic carbocycles. The maximum absolute atomic E-state index is 11.1. The van der Waals surface area contributed by atoms with Gasteiger partial charge in [0.1, 0.15) is 12.4 Å². The fourth-order valence-corrected chi connectivity index (χ4v) is 3.38. The van der Waals surface area contributed by atoms with Gasteiger partial charge in [-0.3, -0.25) is 9.59 Å². The van der Waals surface area contributed by atoms with Crippen molar-refractivity contribution >= 4 is 11.9 Å². The van der Waals surface area contributed by atoms with E-state index in [0.717, 1.165) is 36.9 Å². The molecular weight excluding hydrogens is 410 g/mol. The van der Waals surface area contributed by atoms with Crippen molar-refractivity contribution in [2.24, 2.45) is 0 Å². The standard InChI is InChI=1S/C25H33NO6/c1-25(2,31)10-3-4-11-26-16-18-6-5-7-22(13-18)32-17-19-8-9-20(14-23(27)28)21(12-19)15-24(29)30/h5-9,12-13,26,31H,3-4,10-11,14-17H2,1-2H3,(H,27,28)(H,29,30). The van der Waals surface area contributed by atoms with Gasteiger partial charge in [-0.05, 0) is 74.0 Å². The van der Waals surface area contributed by atoms with E-state index in [0.29, 0.717) is 23.4 Å². The summed E-state index contributed by atoms with van der Waals surface area (Å²) in [5.41, 5.74) is 2.25. The Morgan fingerprint density at radius 2 is 1.66 bits per heavy atom. The van der Waals surface area contributed by atoms with Crippen LogP contribution in [-0.2, 0) is 35.6 Å². The molecule has 0 atom stereocenters. The van der Waals surface area contributed by atoms with Crippen molar-refractivity contribution in [3.05, 3.63) is 64.7 Å². The molecular formula is C25H33NO6. The molecule has 0 radical (unpaired) electrons. The lowest BCUT2D eigenvalue weighted by atomic mass is 9.99. The summed E-state index contributed by atoms with van der Waals surface area (Å²) in [6.07, 6.45) is 2.30. The van der Waals surface area contributed by atoms with Gasteiger partial charge in [0.05, 0.1) is 18.4 Å². The Morgan fingerprint density at radius 3 is 2.34 bits per heavy atom. The second kappa shape index (κ2) is 12.2. The zero-order valence-electron chi connectivity index (χ0n) is 18.8. The highest BCUT2D eigenvalue weighted by Gasteiger charge is 2.12. The minimum atomic E-state index is -1.00. The quantitative estimate of drug-likeness (QED) is 0.330. The molecule has 0 aromatic heterocycles. The highest BCUT2D eigenvalue weighted by molar-refractivity contribution is 5.74. The highest BCUT2D eigenvalue weighted by atomic mass is 16.5. The Balaban J connectivity index is 1.88. The smallest absolute Gasteiger partial charge is 0.307 e. The monoisotopic (exact) mass is 443 g/mol. The van der Waals surface area contributed by atoms with Gasteiger partial charge in [-0.2, -0.15) is 0 Å². The van der Waals surface area contributed by atoms with Crippen LogP contribution in [0.15, 0.2) is 42.5 Å². The lowest BCUT2D eigenvalue weighted by molar-refractivity contribution is -0.137. The molecule has 0 unspecified atom stereocenters. The third-order valence-corrected chi connectivity index (χ3v) is 4.98. The van der Waals surface area contributed by atoms with Crippen molar-refractivity contribution < 1.29 is 29.6 Å². The van der Waals surface area contributed by atoms with Gasteiger partial charge in [0.15, 0.2) is 0 Å². The minimum Gasteiger partial charge on any atom is -0.489 e. The van der Waals surface area contributed by atoms with Crippen LogP contribution >= 0.6 is 0 Å². The molecule has 174 valence electrons. The van der Waals surface area contributed by atoms with E-state index in [1.54, 1.807) is 18.2 Å². The van der Waals surface area contributed by atoms with E-state index in [2.05, 4.69) is 5.32 Å². The number of carboxylic acid groups (broad SMARTS) is 2. The first kappa shape index (κ1) is 25.4. The summed E-state index contributed by atoms with van der Waals surface area (Å²) in [7, 11) is 0. The first-order valence-corrected chi connectivity index (χ1v) is 10.8. The molecule has 0 aliphatic rings. The Hall–Kier alpha value is -2.90.